The van der Waals surface area contributed by atoms with Crippen molar-refractivity contribution in [2.24, 2.45) is 14.1 Å². The highest BCUT2D eigenvalue weighted by Gasteiger charge is 2.12. The third-order valence-corrected chi connectivity index (χ3v) is 2.66. The van der Waals surface area contributed by atoms with Crippen LogP contribution in [-0.2, 0) is 20.5 Å². The van der Waals surface area contributed by atoms with Gasteiger partial charge in [0.2, 0.25) is 0 Å². The van der Waals surface area contributed by atoms with Gasteiger partial charge >= 0.3 is 5.69 Å². The van der Waals surface area contributed by atoms with Crippen LogP contribution in [0.5, 0.6) is 0 Å². The molecule has 0 aliphatic heterocycles. The van der Waals surface area contributed by atoms with Gasteiger partial charge in [-0.15, -0.1) is 11.6 Å². The molecule has 0 aliphatic carbocycles. The van der Waals surface area contributed by atoms with Crippen molar-refractivity contribution in [1.82, 2.24) is 19.1 Å². The average Bonchev–Trinajstić information content (AvgIpc) is 2.68. The maximum absolute atomic E-state index is 11.8. The number of hydrogen-bond acceptors (Lipinski definition) is 3. The zero-order valence-corrected chi connectivity index (χ0v) is 9.71. The van der Waals surface area contributed by atoms with E-state index >= 15 is 0 Å². The Kier molecular flexibility index (Phi) is 2.59. The van der Waals surface area contributed by atoms with Gasteiger partial charge in [-0.2, -0.15) is 0 Å². The second-order valence-electron chi connectivity index (χ2n) is 3.53. The second-order valence-corrected chi connectivity index (χ2v) is 3.90. The topological polar surface area (TPSA) is 72.7 Å². The monoisotopic (exact) mass is 242 g/mol. The number of aromatic nitrogens is 4. The molecule has 16 heavy (non-hydrogen) atoms. The van der Waals surface area contributed by atoms with E-state index < -0.39 is 0 Å². The summed E-state index contributed by atoms with van der Waals surface area (Å²) in [6.07, 6.45) is 0.535. The molecule has 1 N–H and O–H groups in total. The summed E-state index contributed by atoms with van der Waals surface area (Å²) in [5.74, 6) is 1.02. The van der Waals surface area contributed by atoms with Crippen molar-refractivity contribution >= 4 is 22.8 Å². The van der Waals surface area contributed by atoms with Crippen molar-refractivity contribution in [3.63, 3.8) is 0 Å². The molecule has 6 nitrogen and oxygen atoms in total. The number of rotatable bonds is 2. The summed E-state index contributed by atoms with van der Waals surface area (Å²) in [7, 11) is 3.02. The van der Waals surface area contributed by atoms with Gasteiger partial charge in [0.15, 0.2) is 5.65 Å². The minimum Gasteiger partial charge on any atom is -0.336 e. The molecule has 0 fully saturated rings. The summed E-state index contributed by atoms with van der Waals surface area (Å²) in [6.45, 7) is 0. The van der Waals surface area contributed by atoms with Crippen LogP contribution in [0.1, 0.15) is 5.82 Å². The Labute approximate surface area is 95.5 Å². The van der Waals surface area contributed by atoms with Crippen LogP contribution in [0.15, 0.2) is 9.59 Å². The van der Waals surface area contributed by atoms with Crippen LogP contribution < -0.4 is 11.2 Å². The summed E-state index contributed by atoms with van der Waals surface area (Å²) in [5.41, 5.74) is -0.0502. The predicted octanol–water partition coefficient (Wildman–Crippen LogP) is -0.258. The van der Waals surface area contributed by atoms with Gasteiger partial charge in [-0.1, -0.05) is 0 Å². The SMILES string of the molecule is Cn1c(=O)c2[nH]c(CCCl)nc2n(C)c1=O. The molecule has 0 spiro atoms. The van der Waals surface area contributed by atoms with Crippen LogP contribution in [0.3, 0.4) is 0 Å². The summed E-state index contributed by atoms with van der Waals surface area (Å²) in [6, 6.07) is 0. The molecule has 2 aromatic rings. The lowest BCUT2D eigenvalue weighted by Gasteiger charge is -2.00. The first-order valence-electron chi connectivity index (χ1n) is 4.77. The van der Waals surface area contributed by atoms with Crippen molar-refractivity contribution < 1.29 is 0 Å². The summed E-state index contributed by atoms with van der Waals surface area (Å²) in [5, 5.41) is 0. The molecule has 0 saturated carbocycles. The molecule has 2 rings (SSSR count). The molecule has 0 atom stereocenters. The van der Waals surface area contributed by atoms with Crippen molar-refractivity contribution in [3.05, 3.63) is 26.7 Å². The number of aromatic amines is 1. The zero-order chi connectivity index (χ0) is 11.9. The minimum absolute atomic E-state index is 0.338. The largest absolute Gasteiger partial charge is 0.336 e. The standard InChI is InChI=1S/C9H11ClN4O2/c1-13-7-6(8(15)14(2)9(13)16)11-5(12-7)3-4-10/h3-4H2,1-2H3,(H,11,12). The van der Waals surface area contributed by atoms with Crippen molar-refractivity contribution in [2.75, 3.05) is 5.88 Å². The van der Waals surface area contributed by atoms with Crippen LogP contribution >= 0.6 is 11.6 Å². The molecule has 0 amide bonds. The van der Waals surface area contributed by atoms with E-state index in [-0.39, 0.29) is 11.2 Å². The first-order valence-corrected chi connectivity index (χ1v) is 5.30. The summed E-state index contributed by atoms with van der Waals surface area (Å²) in [4.78, 5) is 30.4. The van der Waals surface area contributed by atoms with Crippen molar-refractivity contribution in [2.45, 2.75) is 6.42 Å². The molecule has 2 aromatic heterocycles. The van der Waals surface area contributed by atoms with Gasteiger partial charge in [0.05, 0.1) is 0 Å². The molecule has 0 bridgehead atoms. The van der Waals surface area contributed by atoms with Crippen LogP contribution in [-0.4, -0.2) is 25.0 Å². The van der Waals surface area contributed by atoms with Crippen molar-refractivity contribution in [1.29, 1.82) is 0 Å². The fraction of sp³-hybridized carbons (Fsp3) is 0.444. The third-order valence-electron chi connectivity index (χ3n) is 2.48. The number of aryl methyl sites for hydroxylation is 2. The number of hydrogen-bond donors (Lipinski definition) is 1. The van der Waals surface area contributed by atoms with Gasteiger partial charge < -0.3 is 4.98 Å². The Bertz CT molecular complexity index is 652. The number of fused-ring (bicyclic) bond motifs is 1. The number of alkyl halides is 1. The quantitative estimate of drug-likeness (QED) is 0.738. The van der Waals surface area contributed by atoms with Gasteiger partial charge in [-0.05, 0) is 0 Å². The first kappa shape index (κ1) is 10.9. The molecule has 7 heteroatoms. The van der Waals surface area contributed by atoms with Gasteiger partial charge in [0, 0.05) is 26.4 Å². The minimum atomic E-state index is -0.388. The van der Waals surface area contributed by atoms with Gasteiger partial charge in [-0.25, -0.2) is 9.78 Å². The average molecular weight is 243 g/mol. The molecule has 0 radical (unpaired) electrons. The highest BCUT2D eigenvalue weighted by atomic mass is 35.5. The second kappa shape index (κ2) is 3.79. The van der Waals surface area contributed by atoms with Crippen LogP contribution in [0, 0.1) is 0 Å². The van der Waals surface area contributed by atoms with Crippen LogP contribution in [0.2, 0.25) is 0 Å². The Morgan fingerprint density at radius 2 is 2.00 bits per heavy atom. The lowest BCUT2D eigenvalue weighted by atomic mass is 10.5. The number of imidazole rings is 1. The van der Waals surface area contributed by atoms with E-state index in [1.807, 2.05) is 0 Å². The Morgan fingerprint density at radius 3 is 2.62 bits per heavy atom. The molecule has 0 aliphatic rings. The molecule has 0 saturated heterocycles. The molecule has 0 aromatic carbocycles. The fourth-order valence-corrected chi connectivity index (χ4v) is 1.76. The van der Waals surface area contributed by atoms with Gasteiger partial charge in [0.1, 0.15) is 11.3 Å². The predicted molar refractivity (Wildman–Crippen MR) is 61.0 cm³/mol. The lowest BCUT2D eigenvalue weighted by molar-refractivity contribution is 0.708. The van der Waals surface area contributed by atoms with E-state index in [9.17, 15) is 9.59 Å². The van der Waals surface area contributed by atoms with E-state index in [2.05, 4.69) is 9.97 Å². The van der Waals surface area contributed by atoms with E-state index in [1.165, 1.54) is 11.6 Å². The maximum atomic E-state index is 11.8. The van der Waals surface area contributed by atoms with Crippen LogP contribution in [0.4, 0.5) is 0 Å². The van der Waals surface area contributed by atoms with Gasteiger partial charge in [-0.3, -0.25) is 13.9 Å². The zero-order valence-electron chi connectivity index (χ0n) is 8.95. The molecule has 2 heterocycles. The van der Waals surface area contributed by atoms with E-state index in [4.69, 9.17) is 11.6 Å². The molecular formula is C9H11ClN4O2. The number of H-pyrrole nitrogens is 1. The molecule has 0 unspecified atom stereocenters. The van der Waals surface area contributed by atoms with Gasteiger partial charge in [0.25, 0.3) is 5.56 Å². The summed E-state index contributed by atoms with van der Waals surface area (Å²) < 4.78 is 2.38. The Balaban J connectivity index is 2.87. The molecule has 86 valence electrons. The maximum Gasteiger partial charge on any atom is 0.332 e. The fourth-order valence-electron chi connectivity index (χ4n) is 1.58. The third kappa shape index (κ3) is 1.46. The number of nitrogens with one attached hydrogen (secondary N) is 1. The van der Waals surface area contributed by atoms with Crippen molar-refractivity contribution in [3.8, 4) is 0 Å². The van der Waals surface area contributed by atoms with Crippen LogP contribution in [0.25, 0.3) is 11.2 Å². The highest BCUT2D eigenvalue weighted by molar-refractivity contribution is 6.17. The van der Waals surface area contributed by atoms with E-state index in [1.54, 1.807) is 7.05 Å². The Morgan fingerprint density at radius 1 is 1.31 bits per heavy atom. The lowest BCUT2D eigenvalue weighted by Crippen LogP contribution is -2.36. The molecular weight excluding hydrogens is 232 g/mol. The number of halogens is 1. The van der Waals surface area contributed by atoms with E-state index in [0.717, 1.165) is 4.57 Å². The van der Waals surface area contributed by atoms with E-state index in [0.29, 0.717) is 29.3 Å². The summed E-state index contributed by atoms with van der Waals surface area (Å²) >= 11 is 5.59. The smallest absolute Gasteiger partial charge is 0.332 e. The normalized spacial score (nSPS) is 11.2. The highest BCUT2D eigenvalue weighted by Crippen LogP contribution is 2.04. The first-order chi connectivity index (χ1) is 7.56. The Hall–Kier alpha value is -1.56. The number of nitrogens with zero attached hydrogens (tertiary/aromatic N) is 3.